The van der Waals surface area contributed by atoms with Crippen molar-refractivity contribution in [1.29, 1.82) is 0 Å². The van der Waals surface area contributed by atoms with Crippen LogP contribution in [0.2, 0.25) is 0 Å². The van der Waals surface area contributed by atoms with Gasteiger partial charge in [-0.05, 0) is 31.9 Å². The van der Waals surface area contributed by atoms with Crippen LogP contribution in [-0.2, 0) is 0 Å². The molecule has 104 valence electrons. The number of hydrogen-bond donors (Lipinski definition) is 1. The Balaban J connectivity index is 1.74. The number of fused-ring (bicyclic) bond motifs is 1. The summed E-state index contributed by atoms with van der Waals surface area (Å²) in [6.45, 7) is 5.57. The molecule has 0 radical (unpaired) electrons. The first-order valence-electron chi connectivity index (χ1n) is 7.41. The average molecular weight is 261 g/mol. The highest BCUT2D eigenvalue weighted by molar-refractivity contribution is 5.38. The number of benzene rings is 1. The molecule has 0 amide bonds. The Morgan fingerprint density at radius 2 is 2.05 bits per heavy atom. The molecule has 1 fully saturated rings. The number of aliphatic hydroxyl groups is 1. The van der Waals surface area contributed by atoms with Gasteiger partial charge in [0.1, 0.15) is 11.4 Å². The van der Waals surface area contributed by atoms with Crippen LogP contribution < -0.4 is 4.74 Å². The van der Waals surface area contributed by atoms with Crippen LogP contribution in [0.4, 0.5) is 0 Å². The van der Waals surface area contributed by atoms with Crippen LogP contribution >= 0.6 is 0 Å². The standard InChI is InChI=1S/C16H23NO2/c1-2-9-17-10-7-16(8-11-17)12-14(18)13-5-3-4-6-15(13)19-16/h3-6,14,18H,2,7-12H2,1H3/t14-/m0/s1. The van der Waals surface area contributed by atoms with Crippen LogP contribution in [0.3, 0.4) is 0 Å². The third-order valence-corrected chi connectivity index (χ3v) is 4.48. The first-order valence-corrected chi connectivity index (χ1v) is 7.41. The molecular weight excluding hydrogens is 238 g/mol. The van der Waals surface area contributed by atoms with Crippen molar-refractivity contribution in [1.82, 2.24) is 4.90 Å². The molecule has 1 N–H and O–H groups in total. The number of rotatable bonds is 2. The fourth-order valence-electron chi connectivity index (χ4n) is 3.39. The Hall–Kier alpha value is -1.06. The third-order valence-electron chi connectivity index (χ3n) is 4.48. The summed E-state index contributed by atoms with van der Waals surface area (Å²) < 4.78 is 6.27. The van der Waals surface area contributed by atoms with Gasteiger partial charge in [-0.15, -0.1) is 0 Å². The van der Waals surface area contributed by atoms with Gasteiger partial charge in [-0.3, -0.25) is 0 Å². The van der Waals surface area contributed by atoms with Crippen molar-refractivity contribution in [2.45, 2.75) is 44.3 Å². The molecule has 0 saturated carbocycles. The maximum Gasteiger partial charge on any atom is 0.125 e. The van der Waals surface area contributed by atoms with Crippen LogP contribution in [0.5, 0.6) is 5.75 Å². The van der Waals surface area contributed by atoms with Gasteiger partial charge in [0.15, 0.2) is 0 Å². The lowest BCUT2D eigenvalue weighted by Crippen LogP contribution is -2.50. The van der Waals surface area contributed by atoms with E-state index in [-0.39, 0.29) is 11.7 Å². The van der Waals surface area contributed by atoms with E-state index in [1.54, 1.807) is 0 Å². The molecule has 1 spiro atoms. The lowest BCUT2D eigenvalue weighted by atomic mass is 9.81. The van der Waals surface area contributed by atoms with Gasteiger partial charge in [0.05, 0.1) is 6.10 Å². The van der Waals surface area contributed by atoms with E-state index in [1.165, 1.54) is 13.0 Å². The molecule has 1 aromatic rings. The predicted molar refractivity (Wildman–Crippen MR) is 75.3 cm³/mol. The van der Waals surface area contributed by atoms with Gasteiger partial charge in [0, 0.05) is 25.1 Å². The van der Waals surface area contributed by atoms with Crippen molar-refractivity contribution < 1.29 is 9.84 Å². The minimum atomic E-state index is -0.373. The highest BCUT2D eigenvalue weighted by Crippen LogP contribution is 2.43. The smallest absolute Gasteiger partial charge is 0.125 e. The van der Waals surface area contributed by atoms with Crippen LogP contribution in [0.15, 0.2) is 24.3 Å². The Morgan fingerprint density at radius 3 is 2.79 bits per heavy atom. The summed E-state index contributed by atoms with van der Waals surface area (Å²) in [6.07, 6.45) is 3.63. The Kier molecular flexibility index (Phi) is 3.50. The maximum atomic E-state index is 10.4. The van der Waals surface area contributed by atoms with Crippen molar-refractivity contribution in [3.8, 4) is 5.75 Å². The zero-order chi connectivity index (χ0) is 13.3. The van der Waals surface area contributed by atoms with Crippen LogP contribution in [0.25, 0.3) is 0 Å². The van der Waals surface area contributed by atoms with E-state index in [1.807, 2.05) is 24.3 Å². The first-order chi connectivity index (χ1) is 9.22. The predicted octanol–water partition coefficient (Wildman–Crippen LogP) is 2.75. The molecular formula is C16H23NO2. The summed E-state index contributed by atoms with van der Waals surface area (Å²) in [5.41, 5.74) is 0.807. The van der Waals surface area contributed by atoms with E-state index in [9.17, 15) is 5.11 Å². The topological polar surface area (TPSA) is 32.7 Å². The molecule has 2 aliphatic rings. The lowest BCUT2D eigenvalue weighted by Gasteiger charge is -2.46. The number of piperidine rings is 1. The van der Waals surface area contributed by atoms with Gasteiger partial charge in [-0.25, -0.2) is 0 Å². The van der Waals surface area contributed by atoms with Gasteiger partial charge in [-0.1, -0.05) is 25.1 Å². The number of nitrogens with zero attached hydrogens (tertiary/aromatic N) is 1. The minimum Gasteiger partial charge on any atom is -0.487 e. The van der Waals surface area contributed by atoms with Gasteiger partial charge >= 0.3 is 0 Å². The van der Waals surface area contributed by atoms with Gasteiger partial charge in [0.25, 0.3) is 0 Å². The average Bonchev–Trinajstić information content (AvgIpc) is 2.42. The van der Waals surface area contributed by atoms with E-state index in [0.29, 0.717) is 0 Å². The molecule has 0 unspecified atom stereocenters. The number of hydrogen-bond acceptors (Lipinski definition) is 3. The fourth-order valence-corrected chi connectivity index (χ4v) is 3.39. The Bertz CT molecular complexity index is 438. The van der Waals surface area contributed by atoms with Crippen molar-refractivity contribution in [3.63, 3.8) is 0 Å². The molecule has 0 aliphatic carbocycles. The second-order valence-electron chi connectivity index (χ2n) is 5.88. The Morgan fingerprint density at radius 1 is 1.32 bits per heavy atom. The summed E-state index contributed by atoms with van der Waals surface area (Å²) in [5, 5.41) is 10.4. The molecule has 1 saturated heterocycles. The molecule has 19 heavy (non-hydrogen) atoms. The highest BCUT2D eigenvalue weighted by atomic mass is 16.5. The minimum absolute atomic E-state index is 0.141. The molecule has 1 aromatic carbocycles. The van der Waals surface area contributed by atoms with Crippen LogP contribution in [0, 0.1) is 0 Å². The quantitative estimate of drug-likeness (QED) is 0.888. The zero-order valence-corrected chi connectivity index (χ0v) is 11.6. The van der Waals surface area contributed by atoms with E-state index < -0.39 is 0 Å². The molecule has 3 heteroatoms. The van der Waals surface area contributed by atoms with Crippen LogP contribution in [-0.4, -0.2) is 35.2 Å². The molecule has 2 aliphatic heterocycles. The van der Waals surface area contributed by atoms with Crippen molar-refractivity contribution in [2.75, 3.05) is 19.6 Å². The number of para-hydroxylation sites is 1. The van der Waals surface area contributed by atoms with E-state index in [2.05, 4.69) is 11.8 Å². The maximum absolute atomic E-state index is 10.4. The summed E-state index contributed by atoms with van der Waals surface area (Å²) in [4.78, 5) is 2.50. The van der Waals surface area contributed by atoms with Crippen molar-refractivity contribution in [2.24, 2.45) is 0 Å². The number of aliphatic hydroxyl groups excluding tert-OH is 1. The monoisotopic (exact) mass is 261 g/mol. The van der Waals surface area contributed by atoms with E-state index in [0.717, 1.165) is 43.7 Å². The number of likely N-dealkylation sites (tertiary alicyclic amines) is 1. The second kappa shape index (κ2) is 5.14. The fraction of sp³-hybridized carbons (Fsp3) is 0.625. The normalized spacial score (nSPS) is 25.9. The summed E-state index contributed by atoms with van der Waals surface area (Å²) in [7, 11) is 0. The van der Waals surface area contributed by atoms with E-state index in [4.69, 9.17) is 4.74 Å². The SMILES string of the molecule is CCCN1CCC2(CC1)C[C@H](O)c1ccccc1O2. The molecule has 3 nitrogen and oxygen atoms in total. The highest BCUT2D eigenvalue weighted by Gasteiger charge is 2.42. The van der Waals surface area contributed by atoms with E-state index >= 15 is 0 Å². The van der Waals surface area contributed by atoms with Crippen molar-refractivity contribution in [3.05, 3.63) is 29.8 Å². The lowest BCUT2D eigenvalue weighted by molar-refractivity contribution is -0.0537. The number of ether oxygens (including phenoxy) is 1. The van der Waals surface area contributed by atoms with Crippen molar-refractivity contribution >= 4 is 0 Å². The molecule has 2 heterocycles. The molecule has 1 atom stereocenters. The molecule has 3 rings (SSSR count). The van der Waals surface area contributed by atoms with Gasteiger partial charge in [0.2, 0.25) is 0 Å². The summed E-state index contributed by atoms with van der Waals surface area (Å²) in [5.74, 6) is 0.880. The first kappa shape index (κ1) is 12.9. The van der Waals surface area contributed by atoms with Gasteiger partial charge < -0.3 is 14.7 Å². The Labute approximate surface area is 115 Å². The third kappa shape index (κ3) is 2.49. The second-order valence-corrected chi connectivity index (χ2v) is 5.88. The zero-order valence-electron chi connectivity index (χ0n) is 11.6. The molecule has 0 bridgehead atoms. The summed E-state index contributed by atoms with van der Waals surface area (Å²) in [6, 6.07) is 7.90. The van der Waals surface area contributed by atoms with Crippen LogP contribution in [0.1, 0.15) is 44.3 Å². The largest absolute Gasteiger partial charge is 0.487 e. The summed E-state index contributed by atoms with van der Waals surface area (Å²) >= 11 is 0. The van der Waals surface area contributed by atoms with Gasteiger partial charge in [-0.2, -0.15) is 0 Å². The molecule has 0 aromatic heterocycles.